The Morgan fingerprint density at radius 1 is 1.10 bits per heavy atom. The summed E-state index contributed by atoms with van der Waals surface area (Å²) in [7, 11) is 0. The van der Waals surface area contributed by atoms with Crippen molar-refractivity contribution in [2.75, 3.05) is 0 Å². The minimum absolute atomic E-state index is 0.0162. The fourth-order valence-electron chi connectivity index (χ4n) is 2.24. The van der Waals surface area contributed by atoms with E-state index in [9.17, 15) is 24.3 Å². The molecule has 0 amide bonds. The molecular weight excluding hydrogens is 280 g/mol. The summed E-state index contributed by atoms with van der Waals surface area (Å²) in [4.78, 5) is 52.4. The molecule has 0 fully saturated rings. The molecule has 21 heavy (non-hydrogen) atoms. The molecule has 0 saturated carbocycles. The van der Waals surface area contributed by atoms with Gasteiger partial charge in [-0.2, -0.15) is 0 Å². The number of carboxylic acids is 2. The SMILES string of the molecule is O=C(O)c1cc2c([nH]1)-c1c(C(=O)O)ccnc1C(=O)C2=O. The van der Waals surface area contributed by atoms with E-state index in [4.69, 9.17) is 5.11 Å². The summed E-state index contributed by atoms with van der Waals surface area (Å²) in [5.41, 5.74) is -1.10. The van der Waals surface area contributed by atoms with Gasteiger partial charge >= 0.3 is 11.9 Å². The molecule has 8 nitrogen and oxygen atoms in total. The van der Waals surface area contributed by atoms with E-state index in [2.05, 4.69) is 9.97 Å². The molecule has 2 aromatic rings. The van der Waals surface area contributed by atoms with Gasteiger partial charge in [0.1, 0.15) is 11.4 Å². The van der Waals surface area contributed by atoms with Crippen LogP contribution in [0.15, 0.2) is 18.3 Å². The van der Waals surface area contributed by atoms with E-state index in [-0.39, 0.29) is 33.8 Å². The zero-order chi connectivity index (χ0) is 15.3. The first-order valence-corrected chi connectivity index (χ1v) is 5.69. The van der Waals surface area contributed by atoms with Gasteiger partial charge in [0.25, 0.3) is 5.78 Å². The number of ketones is 2. The van der Waals surface area contributed by atoms with Crippen LogP contribution in [0.5, 0.6) is 0 Å². The first-order valence-electron chi connectivity index (χ1n) is 5.69. The minimum atomic E-state index is -1.33. The molecule has 8 heteroatoms. The summed E-state index contributed by atoms with van der Waals surface area (Å²) in [6.45, 7) is 0. The summed E-state index contributed by atoms with van der Waals surface area (Å²) in [5, 5.41) is 18.1. The van der Waals surface area contributed by atoms with Crippen molar-refractivity contribution in [3.63, 3.8) is 0 Å². The monoisotopic (exact) mass is 286 g/mol. The lowest BCUT2D eigenvalue weighted by Gasteiger charge is -2.15. The van der Waals surface area contributed by atoms with Crippen molar-refractivity contribution >= 4 is 23.5 Å². The summed E-state index contributed by atoms with van der Waals surface area (Å²) in [5.74, 6) is -4.52. The number of aromatic carboxylic acids is 2. The third kappa shape index (κ3) is 1.66. The first kappa shape index (κ1) is 12.7. The van der Waals surface area contributed by atoms with Crippen LogP contribution in [0.3, 0.4) is 0 Å². The molecule has 2 aromatic heterocycles. The molecule has 0 atom stereocenters. The number of aromatic nitrogens is 2. The number of hydrogen-bond donors (Lipinski definition) is 3. The number of aromatic amines is 1. The Morgan fingerprint density at radius 3 is 2.43 bits per heavy atom. The highest BCUT2D eigenvalue weighted by atomic mass is 16.4. The molecule has 0 unspecified atom stereocenters. The fourth-order valence-corrected chi connectivity index (χ4v) is 2.24. The van der Waals surface area contributed by atoms with Crippen LogP contribution in [0.2, 0.25) is 0 Å². The summed E-state index contributed by atoms with van der Waals surface area (Å²) >= 11 is 0. The Morgan fingerprint density at radius 2 is 1.81 bits per heavy atom. The van der Waals surface area contributed by atoms with Crippen molar-refractivity contribution < 1.29 is 29.4 Å². The fraction of sp³-hybridized carbons (Fsp3) is 0. The molecule has 0 radical (unpaired) electrons. The molecule has 104 valence electrons. The summed E-state index contributed by atoms with van der Waals surface area (Å²) in [6.07, 6.45) is 1.11. The number of pyridine rings is 1. The maximum absolute atomic E-state index is 12.0. The number of carbonyl (C=O) groups is 4. The summed E-state index contributed by atoms with van der Waals surface area (Å²) < 4.78 is 0. The second kappa shape index (κ2) is 4.10. The second-order valence-corrected chi connectivity index (χ2v) is 4.32. The molecule has 3 N–H and O–H groups in total. The molecule has 1 aliphatic carbocycles. The Balaban J connectivity index is 2.41. The highest BCUT2D eigenvalue weighted by molar-refractivity contribution is 6.52. The third-order valence-corrected chi connectivity index (χ3v) is 3.15. The molecule has 0 saturated heterocycles. The number of rotatable bonds is 2. The maximum atomic E-state index is 12.0. The van der Waals surface area contributed by atoms with Crippen LogP contribution in [0.4, 0.5) is 0 Å². The second-order valence-electron chi connectivity index (χ2n) is 4.32. The quantitative estimate of drug-likeness (QED) is 0.696. The molecule has 3 rings (SSSR count). The van der Waals surface area contributed by atoms with E-state index in [1.165, 1.54) is 6.07 Å². The zero-order valence-electron chi connectivity index (χ0n) is 10.2. The van der Waals surface area contributed by atoms with Crippen LogP contribution in [0.25, 0.3) is 11.3 Å². The van der Waals surface area contributed by atoms with Crippen LogP contribution in [0, 0.1) is 0 Å². The zero-order valence-corrected chi connectivity index (χ0v) is 10.2. The highest BCUT2D eigenvalue weighted by Gasteiger charge is 2.36. The van der Waals surface area contributed by atoms with Gasteiger partial charge in [0, 0.05) is 11.8 Å². The van der Waals surface area contributed by atoms with E-state index < -0.39 is 23.5 Å². The van der Waals surface area contributed by atoms with Gasteiger partial charge in [0.2, 0.25) is 5.78 Å². The molecule has 0 bridgehead atoms. The largest absolute Gasteiger partial charge is 0.478 e. The van der Waals surface area contributed by atoms with Crippen molar-refractivity contribution in [2.45, 2.75) is 0 Å². The predicted octanol–water partition coefficient (Wildman–Crippen LogP) is 0.852. The van der Waals surface area contributed by atoms with Crippen LogP contribution in [-0.2, 0) is 0 Å². The maximum Gasteiger partial charge on any atom is 0.352 e. The number of fused-ring (bicyclic) bond motifs is 3. The average Bonchev–Trinajstić information content (AvgIpc) is 2.89. The lowest BCUT2D eigenvalue weighted by atomic mass is 9.89. The van der Waals surface area contributed by atoms with Gasteiger partial charge in [-0.15, -0.1) is 0 Å². The average molecular weight is 286 g/mol. The van der Waals surface area contributed by atoms with Crippen LogP contribution >= 0.6 is 0 Å². The smallest absolute Gasteiger partial charge is 0.352 e. The lowest BCUT2D eigenvalue weighted by Crippen LogP contribution is -2.23. The number of Topliss-reactive ketones (excluding diaryl/α,β-unsaturated/α-hetero) is 2. The van der Waals surface area contributed by atoms with Crippen molar-refractivity contribution in [1.29, 1.82) is 0 Å². The van der Waals surface area contributed by atoms with Gasteiger partial charge in [-0.3, -0.25) is 14.6 Å². The number of carboxylic acid groups (broad SMARTS) is 2. The Hall–Kier alpha value is -3.29. The predicted molar refractivity (Wildman–Crippen MR) is 66.6 cm³/mol. The minimum Gasteiger partial charge on any atom is -0.478 e. The highest BCUT2D eigenvalue weighted by Crippen LogP contribution is 2.35. The molecule has 0 aliphatic heterocycles. The van der Waals surface area contributed by atoms with Gasteiger partial charge in [0.05, 0.1) is 16.8 Å². The van der Waals surface area contributed by atoms with E-state index >= 15 is 0 Å². The van der Waals surface area contributed by atoms with Crippen molar-refractivity contribution in [1.82, 2.24) is 9.97 Å². The number of nitrogens with one attached hydrogen (secondary N) is 1. The van der Waals surface area contributed by atoms with Gasteiger partial charge in [0.15, 0.2) is 0 Å². The van der Waals surface area contributed by atoms with Crippen LogP contribution in [-0.4, -0.2) is 43.7 Å². The van der Waals surface area contributed by atoms with Crippen LogP contribution < -0.4 is 0 Å². The van der Waals surface area contributed by atoms with Crippen molar-refractivity contribution in [2.24, 2.45) is 0 Å². The molecular formula is C13H6N2O6. The van der Waals surface area contributed by atoms with E-state index in [0.717, 1.165) is 12.3 Å². The molecule has 2 heterocycles. The number of nitrogens with zero attached hydrogens (tertiary/aromatic N) is 1. The lowest BCUT2D eigenvalue weighted by molar-refractivity contribution is 0.0683. The molecule has 0 aromatic carbocycles. The van der Waals surface area contributed by atoms with Gasteiger partial charge < -0.3 is 15.2 Å². The number of hydrogen-bond acceptors (Lipinski definition) is 5. The molecule has 1 aliphatic rings. The first-order chi connectivity index (χ1) is 9.91. The standard InChI is InChI=1S/C13H6N2O6/c16-10-5-3-6(13(20)21)15-8(5)7-4(12(18)19)1-2-14-9(7)11(10)17/h1-3,15H,(H,18,19)(H,20,21). The number of carbonyl (C=O) groups excluding carboxylic acids is 2. The molecule has 0 spiro atoms. The van der Waals surface area contributed by atoms with Gasteiger partial charge in [-0.05, 0) is 12.1 Å². The number of H-pyrrole nitrogens is 1. The van der Waals surface area contributed by atoms with E-state index in [0.29, 0.717) is 0 Å². The Kier molecular flexibility index (Phi) is 2.49. The van der Waals surface area contributed by atoms with Crippen LogP contribution in [0.1, 0.15) is 41.7 Å². The van der Waals surface area contributed by atoms with E-state index in [1.807, 2.05) is 0 Å². The van der Waals surface area contributed by atoms with Crippen molar-refractivity contribution in [3.05, 3.63) is 40.8 Å². The Bertz CT molecular complexity index is 848. The van der Waals surface area contributed by atoms with Gasteiger partial charge in [-0.25, -0.2) is 9.59 Å². The normalized spacial score (nSPS) is 12.8. The topological polar surface area (TPSA) is 137 Å². The van der Waals surface area contributed by atoms with Gasteiger partial charge in [-0.1, -0.05) is 0 Å². The summed E-state index contributed by atoms with van der Waals surface area (Å²) in [6, 6.07) is 2.19. The Labute approximate surface area is 116 Å². The van der Waals surface area contributed by atoms with Crippen molar-refractivity contribution in [3.8, 4) is 11.3 Å². The third-order valence-electron chi connectivity index (χ3n) is 3.15. The van der Waals surface area contributed by atoms with E-state index in [1.54, 1.807) is 0 Å².